The van der Waals surface area contributed by atoms with Gasteiger partial charge in [0.05, 0.1) is 6.04 Å². The first-order chi connectivity index (χ1) is 4.83. The highest BCUT2D eigenvalue weighted by Crippen LogP contribution is 2.38. The van der Waals surface area contributed by atoms with Crippen LogP contribution in [0, 0.1) is 17.4 Å². The van der Waals surface area contributed by atoms with E-state index in [0.717, 1.165) is 12.5 Å². The Hall–Kier alpha value is -0.970. The molecule has 0 aromatic rings. The van der Waals surface area contributed by atoms with Crippen molar-refractivity contribution in [1.82, 2.24) is 4.90 Å². The predicted octanol–water partition coefficient (Wildman–Crippen LogP) is 1.12. The second-order valence-electron chi connectivity index (χ2n) is 3.07. The van der Waals surface area contributed by atoms with Crippen LogP contribution in [-0.4, -0.2) is 17.5 Å². The van der Waals surface area contributed by atoms with E-state index in [4.69, 9.17) is 5.26 Å². The van der Waals surface area contributed by atoms with Gasteiger partial charge in [0.1, 0.15) is 0 Å². The average molecular weight is 134 g/mol. The zero-order valence-corrected chi connectivity index (χ0v) is 6.04. The molecule has 0 amide bonds. The first kappa shape index (κ1) is 5.79. The molecule has 1 aliphatic carbocycles. The van der Waals surface area contributed by atoms with E-state index < -0.39 is 0 Å². The minimum absolute atomic E-state index is 0.392. The van der Waals surface area contributed by atoms with Gasteiger partial charge in [0.25, 0.3) is 0 Å². The van der Waals surface area contributed by atoms with Gasteiger partial charge in [-0.1, -0.05) is 6.08 Å². The van der Waals surface area contributed by atoms with Gasteiger partial charge in [-0.25, -0.2) is 0 Å². The summed E-state index contributed by atoms with van der Waals surface area (Å²) >= 11 is 0. The van der Waals surface area contributed by atoms with Crippen LogP contribution in [0.2, 0.25) is 0 Å². The molecule has 2 nitrogen and oxygen atoms in total. The molecule has 1 aliphatic heterocycles. The summed E-state index contributed by atoms with van der Waals surface area (Å²) in [6.07, 6.45) is 5.66. The molecule has 52 valence electrons. The number of nitrogens with zero attached hydrogens (tertiary/aromatic N) is 2. The maximum Gasteiger partial charge on any atom is 0.179 e. The van der Waals surface area contributed by atoms with E-state index in [0.29, 0.717) is 6.04 Å². The van der Waals surface area contributed by atoms with Gasteiger partial charge in [-0.15, -0.1) is 0 Å². The molecule has 2 aliphatic rings. The van der Waals surface area contributed by atoms with E-state index in [2.05, 4.69) is 19.2 Å². The molecule has 0 N–H and O–H groups in total. The van der Waals surface area contributed by atoms with Crippen LogP contribution in [0.3, 0.4) is 0 Å². The molecule has 1 saturated heterocycles. The molecule has 1 fully saturated rings. The normalized spacial score (nSPS) is 36.0. The van der Waals surface area contributed by atoms with Crippen molar-refractivity contribution < 1.29 is 0 Å². The fourth-order valence-corrected chi connectivity index (χ4v) is 1.82. The summed E-state index contributed by atoms with van der Waals surface area (Å²) in [4.78, 5) is 1.86. The zero-order valence-electron chi connectivity index (χ0n) is 6.04. The molecule has 0 aromatic heterocycles. The van der Waals surface area contributed by atoms with Crippen molar-refractivity contribution in [2.45, 2.75) is 19.4 Å². The van der Waals surface area contributed by atoms with Crippen molar-refractivity contribution in [2.24, 2.45) is 5.92 Å². The molecule has 10 heavy (non-hydrogen) atoms. The van der Waals surface area contributed by atoms with Crippen LogP contribution in [0.25, 0.3) is 0 Å². The lowest BCUT2D eigenvalue weighted by Crippen LogP contribution is -2.21. The summed E-state index contributed by atoms with van der Waals surface area (Å²) in [5, 5.41) is 8.65. The van der Waals surface area contributed by atoms with Gasteiger partial charge in [0.2, 0.25) is 0 Å². The Morgan fingerprint density at radius 1 is 1.80 bits per heavy atom. The Balaban J connectivity index is 2.22. The molecular formula is C8H10N2. The smallest absolute Gasteiger partial charge is 0.179 e. The summed E-state index contributed by atoms with van der Waals surface area (Å²) in [5.41, 5.74) is 1.49. The second-order valence-corrected chi connectivity index (χ2v) is 3.07. The highest BCUT2D eigenvalue weighted by Gasteiger charge is 2.37. The van der Waals surface area contributed by atoms with Gasteiger partial charge in [0, 0.05) is 12.5 Å². The van der Waals surface area contributed by atoms with E-state index in [1.165, 1.54) is 12.0 Å². The topological polar surface area (TPSA) is 27.0 Å². The molecule has 1 heterocycles. The average Bonchev–Trinajstić information content (AvgIpc) is 2.05. The van der Waals surface area contributed by atoms with Gasteiger partial charge in [0.15, 0.2) is 6.19 Å². The Labute approximate surface area is 60.7 Å². The van der Waals surface area contributed by atoms with Crippen LogP contribution in [0.5, 0.6) is 0 Å². The number of nitriles is 1. The van der Waals surface area contributed by atoms with Crippen LogP contribution >= 0.6 is 0 Å². The van der Waals surface area contributed by atoms with Gasteiger partial charge in [-0.3, -0.25) is 0 Å². The number of allylic oxidation sites excluding steroid dienone is 1. The molecule has 2 heteroatoms. The zero-order chi connectivity index (χ0) is 7.14. The first-order valence-electron chi connectivity index (χ1n) is 3.69. The van der Waals surface area contributed by atoms with Gasteiger partial charge >= 0.3 is 0 Å². The predicted molar refractivity (Wildman–Crippen MR) is 38.0 cm³/mol. The number of hydrogen-bond acceptors (Lipinski definition) is 2. The highest BCUT2D eigenvalue weighted by molar-refractivity contribution is 5.29. The van der Waals surface area contributed by atoms with E-state index in [1.807, 2.05) is 4.90 Å². The lowest BCUT2D eigenvalue weighted by atomic mass is 9.85. The van der Waals surface area contributed by atoms with E-state index in [-0.39, 0.29) is 0 Å². The van der Waals surface area contributed by atoms with Gasteiger partial charge in [-0.2, -0.15) is 5.26 Å². The van der Waals surface area contributed by atoms with Crippen LogP contribution < -0.4 is 0 Å². The van der Waals surface area contributed by atoms with E-state index in [1.54, 1.807) is 0 Å². The highest BCUT2D eigenvalue weighted by atomic mass is 15.2. The summed E-state index contributed by atoms with van der Waals surface area (Å²) in [6, 6.07) is 0.392. The van der Waals surface area contributed by atoms with E-state index in [9.17, 15) is 0 Å². The third-order valence-corrected chi connectivity index (χ3v) is 2.60. The number of fused-ring (bicyclic) bond motifs is 1. The van der Waals surface area contributed by atoms with Crippen molar-refractivity contribution in [3.8, 4) is 6.19 Å². The van der Waals surface area contributed by atoms with Crippen LogP contribution in [-0.2, 0) is 0 Å². The summed E-state index contributed by atoms with van der Waals surface area (Å²) in [6.45, 7) is 3.07. The van der Waals surface area contributed by atoms with Crippen LogP contribution in [0.15, 0.2) is 11.6 Å². The Morgan fingerprint density at radius 3 is 2.90 bits per heavy atom. The minimum atomic E-state index is 0.392. The monoisotopic (exact) mass is 134 g/mol. The minimum Gasteiger partial charge on any atom is -0.303 e. The van der Waals surface area contributed by atoms with Crippen LogP contribution in [0.4, 0.5) is 0 Å². The van der Waals surface area contributed by atoms with Gasteiger partial charge in [-0.05, 0) is 18.9 Å². The fourth-order valence-electron chi connectivity index (χ4n) is 1.82. The van der Waals surface area contributed by atoms with Crippen molar-refractivity contribution in [2.75, 3.05) is 6.54 Å². The third-order valence-electron chi connectivity index (χ3n) is 2.60. The molecule has 2 rings (SSSR count). The maximum absolute atomic E-state index is 8.65. The standard InChI is InChI=1S/C8H10N2/c1-6-8-3-2-7(8)4-10(6)5-9/h3,6-7H,2,4H2,1H3. The summed E-state index contributed by atoms with van der Waals surface area (Å²) < 4.78 is 0. The SMILES string of the molecule is CC1C2=CCC2CN1C#N. The molecule has 0 spiro atoms. The molecular weight excluding hydrogens is 124 g/mol. The van der Waals surface area contributed by atoms with Crippen molar-refractivity contribution >= 4 is 0 Å². The van der Waals surface area contributed by atoms with Gasteiger partial charge < -0.3 is 4.90 Å². The van der Waals surface area contributed by atoms with Crippen molar-refractivity contribution in [1.29, 1.82) is 5.26 Å². The van der Waals surface area contributed by atoms with Crippen LogP contribution in [0.1, 0.15) is 13.3 Å². The second kappa shape index (κ2) is 1.76. The van der Waals surface area contributed by atoms with Crippen molar-refractivity contribution in [3.05, 3.63) is 11.6 Å². The molecule has 0 saturated carbocycles. The first-order valence-corrected chi connectivity index (χ1v) is 3.69. The Kier molecular flexibility index (Phi) is 1.02. The number of likely N-dealkylation sites (tertiary alicyclic amines) is 1. The molecule has 0 aromatic carbocycles. The lowest BCUT2D eigenvalue weighted by Gasteiger charge is -2.19. The van der Waals surface area contributed by atoms with Crippen molar-refractivity contribution in [3.63, 3.8) is 0 Å². The quantitative estimate of drug-likeness (QED) is 0.366. The largest absolute Gasteiger partial charge is 0.303 e. The number of hydrogen-bond donors (Lipinski definition) is 0. The lowest BCUT2D eigenvalue weighted by molar-refractivity contribution is 0.395. The summed E-state index contributed by atoms with van der Waals surface area (Å²) in [5.74, 6) is 0.717. The maximum atomic E-state index is 8.65. The van der Waals surface area contributed by atoms with E-state index >= 15 is 0 Å². The third kappa shape index (κ3) is 0.527. The molecule has 2 unspecified atom stereocenters. The summed E-state index contributed by atoms with van der Waals surface area (Å²) in [7, 11) is 0. The Morgan fingerprint density at radius 2 is 2.60 bits per heavy atom. The fraction of sp³-hybridized carbons (Fsp3) is 0.625. The molecule has 2 atom stereocenters. The Bertz CT molecular complexity index is 224. The molecule has 0 bridgehead atoms. The molecule has 0 radical (unpaired) electrons. The number of rotatable bonds is 0.